The third-order valence-corrected chi connectivity index (χ3v) is 8.38. The number of ether oxygens (including phenoxy) is 1. The average molecular weight is 477 g/mol. The number of piperidine rings is 1. The predicted octanol–water partition coefficient (Wildman–Crippen LogP) is 4.43. The average Bonchev–Trinajstić information content (AvgIpc) is 2.88. The molecule has 1 saturated heterocycles. The van der Waals surface area contributed by atoms with Crippen LogP contribution in [0.25, 0.3) is 0 Å². The largest absolute Gasteiger partial charge is 0.381 e. The van der Waals surface area contributed by atoms with E-state index in [0.717, 1.165) is 57.4 Å². The summed E-state index contributed by atoms with van der Waals surface area (Å²) in [4.78, 5) is 20.8. The number of pyridine rings is 1. The number of aromatic nitrogens is 1. The second-order valence-electron chi connectivity index (χ2n) is 10.8. The van der Waals surface area contributed by atoms with Gasteiger partial charge in [0.05, 0.1) is 6.10 Å². The molecule has 2 aliphatic heterocycles. The summed E-state index contributed by atoms with van der Waals surface area (Å²) >= 11 is 0. The van der Waals surface area contributed by atoms with Crippen molar-refractivity contribution in [3.05, 3.63) is 58.8 Å². The number of benzene rings is 1. The number of nitrogens with zero attached hydrogens (tertiary/aromatic N) is 2. The Morgan fingerprint density at radius 3 is 2.74 bits per heavy atom. The van der Waals surface area contributed by atoms with Gasteiger partial charge >= 0.3 is 0 Å². The van der Waals surface area contributed by atoms with Gasteiger partial charge in [0.1, 0.15) is 5.82 Å². The summed E-state index contributed by atoms with van der Waals surface area (Å²) in [5.74, 6) is 1.49. The zero-order chi connectivity index (χ0) is 24.4. The van der Waals surface area contributed by atoms with Crippen LogP contribution in [-0.2, 0) is 22.5 Å². The molecular weight excluding hydrogens is 436 g/mol. The lowest BCUT2D eigenvalue weighted by molar-refractivity contribution is -0.140. The van der Waals surface area contributed by atoms with E-state index in [4.69, 9.17) is 9.72 Å². The van der Waals surface area contributed by atoms with Crippen molar-refractivity contribution in [3.63, 3.8) is 0 Å². The summed E-state index contributed by atoms with van der Waals surface area (Å²) in [7, 11) is 1.81. The number of methoxy groups -OCH3 is 1. The maximum Gasteiger partial charge on any atom is 0.226 e. The van der Waals surface area contributed by atoms with Crippen LogP contribution in [0.2, 0.25) is 0 Å². The van der Waals surface area contributed by atoms with Crippen molar-refractivity contribution in [2.75, 3.05) is 25.5 Å². The van der Waals surface area contributed by atoms with Gasteiger partial charge in [0.25, 0.3) is 0 Å². The van der Waals surface area contributed by atoms with Crippen molar-refractivity contribution in [1.82, 2.24) is 15.2 Å². The first kappa shape index (κ1) is 24.3. The number of anilines is 1. The highest BCUT2D eigenvalue weighted by Gasteiger charge is 2.38. The van der Waals surface area contributed by atoms with Gasteiger partial charge in [-0.3, -0.25) is 4.79 Å². The summed E-state index contributed by atoms with van der Waals surface area (Å²) in [5.41, 5.74) is 5.04. The fourth-order valence-corrected chi connectivity index (χ4v) is 6.27. The summed E-state index contributed by atoms with van der Waals surface area (Å²) in [6.07, 6.45) is 8.58. The number of aryl methyl sites for hydroxylation is 1. The molecule has 2 aromatic rings. The number of nitrogens with one attached hydrogen (secondary N) is 2. The van der Waals surface area contributed by atoms with Crippen LogP contribution in [-0.4, -0.2) is 54.2 Å². The van der Waals surface area contributed by atoms with E-state index in [1.54, 1.807) is 0 Å². The zero-order valence-corrected chi connectivity index (χ0v) is 21.4. The van der Waals surface area contributed by atoms with E-state index in [9.17, 15) is 4.79 Å². The standard InChI is InChI=1S/C29H40N4O2/c1-19-5-4-6-21(13-19)27-17-30-12-11-26(27)29(34)33-18-23-15-28(31-16-22(23)14-20(33)2)32-24-7-9-25(35-3)10-8-24/h4-6,13,15-16,20,24-27,30H,7-12,14,17-18H2,1-3H3,(H,31,32)/t20-,24?,25?,26?,27?/m0/s1. The zero-order valence-electron chi connectivity index (χ0n) is 21.4. The van der Waals surface area contributed by atoms with Crippen molar-refractivity contribution in [2.45, 2.75) is 83.0 Å². The Morgan fingerprint density at radius 1 is 1.14 bits per heavy atom. The van der Waals surface area contributed by atoms with Gasteiger partial charge in [-0.2, -0.15) is 0 Å². The van der Waals surface area contributed by atoms with Crippen molar-refractivity contribution in [1.29, 1.82) is 0 Å². The first-order valence-corrected chi connectivity index (χ1v) is 13.4. The summed E-state index contributed by atoms with van der Waals surface area (Å²) in [5, 5.41) is 7.17. The molecule has 1 aliphatic carbocycles. The minimum absolute atomic E-state index is 0.0254. The fraction of sp³-hybridized carbons (Fsp3) is 0.586. The molecular formula is C29H40N4O2. The third kappa shape index (κ3) is 5.39. The summed E-state index contributed by atoms with van der Waals surface area (Å²) < 4.78 is 5.51. The monoisotopic (exact) mass is 476 g/mol. The Kier molecular flexibility index (Phi) is 7.40. The number of fused-ring (bicyclic) bond motifs is 1. The molecule has 0 radical (unpaired) electrons. The van der Waals surface area contributed by atoms with Crippen molar-refractivity contribution in [3.8, 4) is 0 Å². The fourth-order valence-electron chi connectivity index (χ4n) is 6.27. The van der Waals surface area contributed by atoms with Crippen LogP contribution in [0.1, 0.15) is 67.2 Å². The molecule has 35 heavy (non-hydrogen) atoms. The molecule has 3 aliphatic rings. The lowest BCUT2D eigenvalue weighted by atomic mass is 9.79. The van der Waals surface area contributed by atoms with Crippen LogP contribution >= 0.6 is 0 Å². The molecule has 2 fully saturated rings. The molecule has 3 atom stereocenters. The van der Waals surface area contributed by atoms with Crippen LogP contribution in [0, 0.1) is 12.8 Å². The van der Waals surface area contributed by atoms with E-state index in [0.29, 0.717) is 24.6 Å². The molecule has 1 aromatic carbocycles. The van der Waals surface area contributed by atoms with Crippen molar-refractivity contribution < 1.29 is 9.53 Å². The van der Waals surface area contributed by atoms with E-state index >= 15 is 0 Å². The second-order valence-corrected chi connectivity index (χ2v) is 10.8. The van der Waals surface area contributed by atoms with E-state index in [1.807, 2.05) is 13.3 Å². The Morgan fingerprint density at radius 2 is 1.97 bits per heavy atom. The molecule has 1 aromatic heterocycles. The number of hydrogen-bond acceptors (Lipinski definition) is 5. The number of carbonyl (C=O) groups is 1. The van der Waals surface area contributed by atoms with E-state index in [2.05, 4.69) is 59.7 Å². The molecule has 3 heterocycles. The second kappa shape index (κ2) is 10.7. The Balaban J connectivity index is 1.30. The van der Waals surface area contributed by atoms with Crippen LogP contribution in [0.4, 0.5) is 5.82 Å². The number of rotatable bonds is 5. The van der Waals surface area contributed by atoms with Gasteiger partial charge in [0.2, 0.25) is 5.91 Å². The molecule has 0 spiro atoms. The van der Waals surface area contributed by atoms with Crippen LogP contribution < -0.4 is 10.6 Å². The van der Waals surface area contributed by atoms with E-state index < -0.39 is 0 Å². The molecule has 0 bridgehead atoms. The molecule has 2 unspecified atom stereocenters. The lowest BCUT2D eigenvalue weighted by Crippen LogP contribution is -2.49. The molecule has 6 heteroatoms. The summed E-state index contributed by atoms with van der Waals surface area (Å²) in [6.45, 7) is 6.75. The third-order valence-electron chi connectivity index (χ3n) is 8.38. The van der Waals surface area contributed by atoms with Gasteiger partial charge < -0.3 is 20.3 Å². The summed E-state index contributed by atoms with van der Waals surface area (Å²) in [6, 6.07) is 11.5. The SMILES string of the molecule is COC1CCC(Nc2cc3c(cn2)C[C@H](C)N(C(=O)C2CCNCC2c2cccc(C)c2)C3)CC1. The Bertz CT molecular complexity index is 1030. The first-order valence-electron chi connectivity index (χ1n) is 13.4. The smallest absolute Gasteiger partial charge is 0.226 e. The van der Waals surface area contributed by atoms with Gasteiger partial charge in [0, 0.05) is 50.3 Å². The normalized spacial score (nSPS) is 28.9. The van der Waals surface area contributed by atoms with E-state index in [1.165, 1.54) is 22.3 Å². The first-order chi connectivity index (χ1) is 17.0. The van der Waals surface area contributed by atoms with Crippen LogP contribution in [0.15, 0.2) is 36.5 Å². The minimum Gasteiger partial charge on any atom is -0.381 e. The van der Waals surface area contributed by atoms with E-state index in [-0.39, 0.29) is 17.9 Å². The maximum absolute atomic E-state index is 14.0. The highest BCUT2D eigenvalue weighted by atomic mass is 16.5. The lowest BCUT2D eigenvalue weighted by Gasteiger charge is -2.40. The number of carbonyl (C=O) groups excluding carboxylic acids is 1. The molecule has 6 nitrogen and oxygen atoms in total. The van der Waals surface area contributed by atoms with Gasteiger partial charge in [-0.25, -0.2) is 4.98 Å². The van der Waals surface area contributed by atoms with Crippen molar-refractivity contribution >= 4 is 11.7 Å². The maximum atomic E-state index is 14.0. The molecule has 2 N–H and O–H groups in total. The van der Waals surface area contributed by atoms with Crippen LogP contribution in [0.3, 0.4) is 0 Å². The van der Waals surface area contributed by atoms with Gasteiger partial charge in [-0.1, -0.05) is 29.8 Å². The highest BCUT2D eigenvalue weighted by molar-refractivity contribution is 5.81. The van der Waals surface area contributed by atoms with Gasteiger partial charge in [-0.05, 0) is 81.7 Å². The molecule has 5 rings (SSSR count). The highest BCUT2D eigenvalue weighted by Crippen LogP contribution is 2.34. The number of amides is 1. The minimum atomic E-state index is 0.0254. The molecule has 1 saturated carbocycles. The predicted molar refractivity (Wildman–Crippen MR) is 140 cm³/mol. The quantitative estimate of drug-likeness (QED) is 0.669. The van der Waals surface area contributed by atoms with Crippen LogP contribution in [0.5, 0.6) is 0 Å². The van der Waals surface area contributed by atoms with Crippen molar-refractivity contribution in [2.24, 2.45) is 5.92 Å². The molecule has 1 amide bonds. The molecule has 188 valence electrons. The topological polar surface area (TPSA) is 66.5 Å². The number of hydrogen-bond donors (Lipinski definition) is 2. The Labute approximate surface area is 209 Å². The van der Waals surface area contributed by atoms with Gasteiger partial charge in [-0.15, -0.1) is 0 Å². The van der Waals surface area contributed by atoms with Gasteiger partial charge in [0.15, 0.2) is 0 Å². The Hall–Kier alpha value is -2.44.